The molecular weight excluding hydrogens is 320 g/mol. The number of rotatable bonds is 6. The molecule has 8 nitrogen and oxygen atoms in total. The molecule has 2 rings (SSSR count). The molecule has 24 heavy (non-hydrogen) atoms. The van der Waals surface area contributed by atoms with Crippen LogP contribution in [0.5, 0.6) is 11.5 Å². The van der Waals surface area contributed by atoms with Crippen molar-refractivity contribution in [3.05, 3.63) is 29.8 Å². The Balaban J connectivity index is 2.18. The third kappa shape index (κ3) is 4.04. The molecule has 1 saturated heterocycles. The lowest BCUT2D eigenvalue weighted by Gasteiger charge is -2.39. The van der Waals surface area contributed by atoms with Gasteiger partial charge in [0.2, 0.25) is 6.29 Å². The third-order valence-electron chi connectivity index (χ3n) is 3.69. The highest BCUT2D eigenvalue weighted by Crippen LogP contribution is 2.32. The average molecular weight is 342 g/mol. The Morgan fingerprint density at radius 1 is 1.08 bits per heavy atom. The molecule has 0 aliphatic carbocycles. The minimum Gasteiger partial charge on any atom is -0.493 e. The van der Waals surface area contributed by atoms with E-state index in [0.29, 0.717) is 5.75 Å². The van der Waals surface area contributed by atoms with Gasteiger partial charge < -0.3 is 39.7 Å². The summed E-state index contributed by atoms with van der Waals surface area (Å²) in [6, 6.07) is 4.94. The Hall–Kier alpha value is -1.68. The second-order valence-electron chi connectivity index (χ2n) is 5.31. The molecule has 0 spiro atoms. The highest BCUT2D eigenvalue weighted by Gasteiger charge is 2.44. The minimum absolute atomic E-state index is 0.0918. The summed E-state index contributed by atoms with van der Waals surface area (Å²) in [4.78, 5) is 0. The smallest absolute Gasteiger partial charge is 0.229 e. The van der Waals surface area contributed by atoms with Crippen molar-refractivity contribution in [2.24, 2.45) is 0 Å². The molecule has 134 valence electrons. The second-order valence-corrected chi connectivity index (χ2v) is 5.31. The van der Waals surface area contributed by atoms with E-state index in [1.807, 2.05) is 0 Å². The van der Waals surface area contributed by atoms with Crippen LogP contribution in [0.3, 0.4) is 0 Å². The van der Waals surface area contributed by atoms with E-state index in [4.69, 9.17) is 19.3 Å². The van der Waals surface area contributed by atoms with Crippen molar-refractivity contribution in [3.8, 4) is 11.5 Å². The monoisotopic (exact) mass is 342 g/mol. The maximum atomic E-state index is 10.00. The quantitative estimate of drug-likeness (QED) is 0.440. The number of hydrogen-bond donors (Lipinski definition) is 5. The lowest BCUT2D eigenvalue weighted by Crippen LogP contribution is -2.60. The predicted molar refractivity (Wildman–Crippen MR) is 83.5 cm³/mol. The van der Waals surface area contributed by atoms with Crippen molar-refractivity contribution in [2.45, 2.75) is 30.7 Å². The summed E-state index contributed by atoms with van der Waals surface area (Å²) in [5.74, 6) is 0.607. The normalized spacial score (nSPS) is 30.5. The van der Waals surface area contributed by atoms with Gasteiger partial charge in [-0.15, -0.1) is 0 Å². The molecule has 1 aliphatic rings. The predicted octanol–water partition coefficient (Wildman–Crippen LogP) is -1.12. The molecule has 5 atom stereocenters. The number of aliphatic hydroxyl groups excluding tert-OH is 5. The molecule has 0 bridgehead atoms. The fourth-order valence-corrected chi connectivity index (χ4v) is 2.36. The molecule has 5 unspecified atom stereocenters. The van der Waals surface area contributed by atoms with Crippen molar-refractivity contribution in [2.75, 3.05) is 20.3 Å². The molecule has 1 aromatic carbocycles. The topological polar surface area (TPSA) is 129 Å². The van der Waals surface area contributed by atoms with Crippen LogP contribution in [-0.4, -0.2) is 76.6 Å². The fraction of sp³-hybridized carbons (Fsp3) is 0.500. The van der Waals surface area contributed by atoms with Gasteiger partial charge in [-0.2, -0.15) is 0 Å². The summed E-state index contributed by atoms with van der Waals surface area (Å²) in [5, 5.41) is 47.5. The van der Waals surface area contributed by atoms with E-state index in [2.05, 4.69) is 0 Å². The summed E-state index contributed by atoms with van der Waals surface area (Å²) in [7, 11) is 1.44. The number of methoxy groups -OCH3 is 1. The Labute approximate surface area is 139 Å². The summed E-state index contributed by atoms with van der Waals surface area (Å²) in [5.41, 5.74) is 0.766. The number of benzene rings is 1. The lowest BCUT2D eigenvalue weighted by atomic mass is 9.99. The minimum atomic E-state index is -1.52. The van der Waals surface area contributed by atoms with Gasteiger partial charge in [0.1, 0.15) is 24.4 Å². The standard InChI is InChI=1S/C16H22O8/c1-22-11-7-9(3-2-6-17)4-5-10(11)23-16-15(21)14(20)13(19)12(8-18)24-16/h2-5,7,12-21H,6,8H2,1H3/b3-2+. The zero-order valence-electron chi connectivity index (χ0n) is 13.1. The zero-order valence-corrected chi connectivity index (χ0v) is 13.1. The summed E-state index contributed by atoms with van der Waals surface area (Å²) < 4.78 is 16.1. The van der Waals surface area contributed by atoms with Crippen LogP contribution in [-0.2, 0) is 4.74 Å². The van der Waals surface area contributed by atoms with Crippen LogP contribution in [0.25, 0.3) is 6.08 Å². The van der Waals surface area contributed by atoms with Crippen molar-refractivity contribution in [1.29, 1.82) is 0 Å². The van der Waals surface area contributed by atoms with Gasteiger partial charge in [-0.25, -0.2) is 0 Å². The highest BCUT2D eigenvalue weighted by molar-refractivity contribution is 5.55. The van der Waals surface area contributed by atoms with Crippen LogP contribution in [0.1, 0.15) is 5.56 Å². The molecule has 1 heterocycles. The van der Waals surface area contributed by atoms with Gasteiger partial charge in [0.05, 0.1) is 20.3 Å². The van der Waals surface area contributed by atoms with Crippen LogP contribution in [0, 0.1) is 0 Å². The first-order valence-electron chi connectivity index (χ1n) is 7.44. The van der Waals surface area contributed by atoms with E-state index in [0.717, 1.165) is 5.56 Å². The molecule has 0 saturated carbocycles. The maximum absolute atomic E-state index is 10.00. The largest absolute Gasteiger partial charge is 0.493 e. The van der Waals surface area contributed by atoms with E-state index in [-0.39, 0.29) is 12.4 Å². The number of hydrogen-bond acceptors (Lipinski definition) is 8. The molecule has 0 radical (unpaired) electrons. The number of aliphatic hydroxyl groups is 5. The van der Waals surface area contributed by atoms with Crippen LogP contribution in [0.2, 0.25) is 0 Å². The van der Waals surface area contributed by atoms with Crippen LogP contribution in [0.15, 0.2) is 24.3 Å². The maximum Gasteiger partial charge on any atom is 0.229 e. The molecule has 8 heteroatoms. The Morgan fingerprint density at radius 3 is 2.46 bits per heavy atom. The van der Waals surface area contributed by atoms with Crippen molar-refractivity contribution >= 4 is 6.08 Å². The van der Waals surface area contributed by atoms with Crippen molar-refractivity contribution in [3.63, 3.8) is 0 Å². The van der Waals surface area contributed by atoms with Crippen molar-refractivity contribution < 1.29 is 39.7 Å². The van der Waals surface area contributed by atoms with Gasteiger partial charge in [0.25, 0.3) is 0 Å². The van der Waals surface area contributed by atoms with Gasteiger partial charge in [0, 0.05) is 0 Å². The van der Waals surface area contributed by atoms with Crippen LogP contribution < -0.4 is 9.47 Å². The molecule has 1 fully saturated rings. The SMILES string of the molecule is COc1cc(/C=C/CO)ccc1OC1OC(CO)C(O)C(O)C1O. The molecule has 1 aliphatic heterocycles. The first-order chi connectivity index (χ1) is 11.5. The summed E-state index contributed by atoms with van der Waals surface area (Å²) in [6.45, 7) is -0.627. The second kappa shape index (κ2) is 8.43. The molecule has 0 aromatic heterocycles. The Kier molecular flexibility index (Phi) is 6.55. The lowest BCUT2D eigenvalue weighted by molar-refractivity contribution is -0.277. The number of ether oxygens (including phenoxy) is 3. The first-order valence-corrected chi connectivity index (χ1v) is 7.44. The fourth-order valence-electron chi connectivity index (χ4n) is 2.36. The highest BCUT2D eigenvalue weighted by atomic mass is 16.7. The van der Waals surface area contributed by atoms with Gasteiger partial charge in [-0.1, -0.05) is 18.2 Å². The van der Waals surface area contributed by atoms with Gasteiger partial charge in [-0.3, -0.25) is 0 Å². The van der Waals surface area contributed by atoms with Gasteiger partial charge in [-0.05, 0) is 17.7 Å². The molecular formula is C16H22O8. The average Bonchev–Trinajstić information content (AvgIpc) is 2.61. The van der Waals surface area contributed by atoms with Crippen LogP contribution >= 0.6 is 0 Å². The van der Waals surface area contributed by atoms with Crippen molar-refractivity contribution in [1.82, 2.24) is 0 Å². The third-order valence-corrected chi connectivity index (χ3v) is 3.69. The first kappa shape index (κ1) is 18.7. The van der Waals surface area contributed by atoms with Gasteiger partial charge >= 0.3 is 0 Å². The molecule has 5 N–H and O–H groups in total. The van der Waals surface area contributed by atoms with Crippen LogP contribution in [0.4, 0.5) is 0 Å². The molecule has 1 aromatic rings. The van der Waals surface area contributed by atoms with E-state index in [1.165, 1.54) is 7.11 Å². The van der Waals surface area contributed by atoms with E-state index >= 15 is 0 Å². The van der Waals surface area contributed by atoms with E-state index < -0.39 is 37.3 Å². The van der Waals surface area contributed by atoms with E-state index in [1.54, 1.807) is 30.4 Å². The summed E-state index contributed by atoms with van der Waals surface area (Å²) in [6.07, 6.45) is -3.54. The van der Waals surface area contributed by atoms with Gasteiger partial charge in [0.15, 0.2) is 11.5 Å². The van der Waals surface area contributed by atoms with E-state index in [9.17, 15) is 20.4 Å². The Morgan fingerprint density at radius 2 is 1.83 bits per heavy atom. The summed E-state index contributed by atoms with van der Waals surface area (Å²) >= 11 is 0. The molecule has 0 amide bonds. The zero-order chi connectivity index (χ0) is 17.7. The Bertz CT molecular complexity index is 559.